The van der Waals surface area contributed by atoms with Crippen LogP contribution >= 0.6 is 0 Å². The number of aliphatic hydroxyl groups is 2. The van der Waals surface area contributed by atoms with Crippen LogP contribution in [0.2, 0.25) is 0 Å². The van der Waals surface area contributed by atoms with Crippen LogP contribution < -0.4 is 5.73 Å². The fraction of sp³-hybridized carbons (Fsp3) is 0.455. The van der Waals surface area contributed by atoms with E-state index in [1.165, 1.54) is 0 Å². The van der Waals surface area contributed by atoms with Crippen molar-refractivity contribution in [1.82, 2.24) is 0 Å². The predicted octanol–water partition coefficient (Wildman–Crippen LogP) is 0.604. The molecule has 1 atom stereocenters. The molecule has 0 aliphatic heterocycles. The third-order valence-corrected chi connectivity index (χ3v) is 2.24. The third kappa shape index (κ3) is 2.80. The van der Waals surface area contributed by atoms with Gasteiger partial charge in [-0.1, -0.05) is 24.3 Å². The van der Waals surface area contributed by atoms with Gasteiger partial charge in [-0.3, -0.25) is 0 Å². The van der Waals surface area contributed by atoms with Gasteiger partial charge in [-0.15, -0.1) is 0 Å². The summed E-state index contributed by atoms with van der Waals surface area (Å²) in [4.78, 5) is 0. The third-order valence-electron chi connectivity index (χ3n) is 2.24. The van der Waals surface area contributed by atoms with E-state index in [-0.39, 0.29) is 6.61 Å². The van der Waals surface area contributed by atoms with E-state index in [4.69, 9.17) is 10.8 Å². The summed E-state index contributed by atoms with van der Waals surface area (Å²) in [7, 11) is 0. The van der Waals surface area contributed by atoms with Gasteiger partial charge in [0.1, 0.15) is 6.10 Å². The molecule has 78 valence electrons. The molecular formula is C11H17NO2. The first-order valence-electron chi connectivity index (χ1n) is 4.86. The fourth-order valence-electron chi connectivity index (χ4n) is 1.48. The molecule has 0 amide bonds. The molecule has 0 saturated carbocycles. The second kappa shape index (κ2) is 5.75. The summed E-state index contributed by atoms with van der Waals surface area (Å²) in [6.45, 7) is 0.406. The maximum absolute atomic E-state index is 9.53. The van der Waals surface area contributed by atoms with E-state index in [9.17, 15) is 5.11 Å². The Kier molecular flexibility index (Phi) is 4.59. The first kappa shape index (κ1) is 11.2. The lowest BCUT2D eigenvalue weighted by molar-refractivity contribution is 0.0949. The molecule has 1 unspecified atom stereocenters. The molecule has 0 bridgehead atoms. The van der Waals surface area contributed by atoms with Crippen LogP contribution in [0, 0.1) is 0 Å². The topological polar surface area (TPSA) is 66.5 Å². The molecular weight excluding hydrogens is 178 g/mol. The van der Waals surface area contributed by atoms with Gasteiger partial charge < -0.3 is 15.9 Å². The van der Waals surface area contributed by atoms with Crippen molar-refractivity contribution in [1.29, 1.82) is 0 Å². The highest BCUT2D eigenvalue weighted by Crippen LogP contribution is 2.18. The van der Waals surface area contributed by atoms with E-state index in [0.717, 1.165) is 24.0 Å². The van der Waals surface area contributed by atoms with Crippen molar-refractivity contribution in [2.24, 2.45) is 5.73 Å². The lowest BCUT2D eigenvalue weighted by atomic mass is 9.99. The van der Waals surface area contributed by atoms with E-state index in [1.807, 2.05) is 24.3 Å². The maximum Gasteiger partial charge on any atom is 0.102 e. The molecule has 0 aliphatic carbocycles. The predicted molar refractivity (Wildman–Crippen MR) is 55.9 cm³/mol. The van der Waals surface area contributed by atoms with Gasteiger partial charge in [-0.05, 0) is 30.5 Å². The van der Waals surface area contributed by atoms with Crippen molar-refractivity contribution in [3.8, 4) is 0 Å². The summed E-state index contributed by atoms with van der Waals surface area (Å²) in [6, 6.07) is 7.59. The molecule has 1 rings (SSSR count). The number of benzene rings is 1. The average molecular weight is 195 g/mol. The van der Waals surface area contributed by atoms with Crippen molar-refractivity contribution < 1.29 is 10.2 Å². The Morgan fingerprint density at radius 1 is 1.29 bits per heavy atom. The van der Waals surface area contributed by atoms with Crippen LogP contribution in [0.15, 0.2) is 24.3 Å². The molecule has 0 aliphatic rings. The summed E-state index contributed by atoms with van der Waals surface area (Å²) < 4.78 is 0. The van der Waals surface area contributed by atoms with E-state index >= 15 is 0 Å². The van der Waals surface area contributed by atoms with Crippen molar-refractivity contribution in [2.75, 3.05) is 13.2 Å². The zero-order chi connectivity index (χ0) is 10.4. The number of hydrogen-bond acceptors (Lipinski definition) is 3. The second-order valence-electron chi connectivity index (χ2n) is 3.29. The molecule has 1 aromatic rings. The van der Waals surface area contributed by atoms with Gasteiger partial charge in [-0.2, -0.15) is 0 Å². The smallest absolute Gasteiger partial charge is 0.102 e. The minimum atomic E-state index is -0.774. The zero-order valence-electron chi connectivity index (χ0n) is 8.19. The Balaban J connectivity index is 2.79. The summed E-state index contributed by atoms with van der Waals surface area (Å²) in [5, 5.41) is 18.4. The van der Waals surface area contributed by atoms with E-state index in [2.05, 4.69) is 0 Å². The van der Waals surface area contributed by atoms with Gasteiger partial charge in [-0.25, -0.2) is 0 Å². The van der Waals surface area contributed by atoms with Crippen LogP contribution in [0.3, 0.4) is 0 Å². The average Bonchev–Trinajstić information content (AvgIpc) is 2.25. The monoisotopic (exact) mass is 195 g/mol. The SMILES string of the molecule is NCCCc1ccccc1C(O)CO. The van der Waals surface area contributed by atoms with Crippen LogP contribution in [0.1, 0.15) is 23.7 Å². The lowest BCUT2D eigenvalue weighted by Gasteiger charge is -2.12. The van der Waals surface area contributed by atoms with Gasteiger partial charge in [0.25, 0.3) is 0 Å². The van der Waals surface area contributed by atoms with Gasteiger partial charge in [0, 0.05) is 0 Å². The van der Waals surface area contributed by atoms with E-state index in [1.54, 1.807) is 0 Å². The molecule has 14 heavy (non-hydrogen) atoms. The van der Waals surface area contributed by atoms with Crippen LogP contribution in [0.4, 0.5) is 0 Å². The normalized spacial score (nSPS) is 12.8. The minimum Gasteiger partial charge on any atom is -0.393 e. The molecule has 3 nitrogen and oxygen atoms in total. The number of nitrogens with two attached hydrogens (primary N) is 1. The highest BCUT2D eigenvalue weighted by atomic mass is 16.3. The highest BCUT2D eigenvalue weighted by molar-refractivity contribution is 5.29. The minimum absolute atomic E-state index is 0.236. The van der Waals surface area contributed by atoms with Crippen molar-refractivity contribution in [3.63, 3.8) is 0 Å². The standard InChI is InChI=1S/C11H17NO2/c12-7-3-5-9-4-1-2-6-10(9)11(14)8-13/h1-2,4,6,11,13-14H,3,5,7-8,12H2. The summed E-state index contributed by atoms with van der Waals surface area (Å²) in [5.41, 5.74) is 7.30. The molecule has 0 saturated heterocycles. The van der Waals surface area contributed by atoms with Gasteiger partial charge in [0.05, 0.1) is 6.61 Å². The maximum atomic E-state index is 9.53. The Morgan fingerprint density at radius 3 is 2.64 bits per heavy atom. The Labute approximate surface area is 84.2 Å². The molecule has 3 heteroatoms. The largest absolute Gasteiger partial charge is 0.393 e. The van der Waals surface area contributed by atoms with Crippen LogP contribution in [0.5, 0.6) is 0 Å². The highest BCUT2D eigenvalue weighted by Gasteiger charge is 2.09. The second-order valence-corrected chi connectivity index (χ2v) is 3.29. The lowest BCUT2D eigenvalue weighted by Crippen LogP contribution is -2.08. The molecule has 0 heterocycles. The Hall–Kier alpha value is -0.900. The first-order chi connectivity index (χ1) is 6.79. The Bertz CT molecular complexity index is 276. The van der Waals surface area contributed by atoms with Crippen molar-refractivity contribution in [3.05, 3.63) is 35.4 Å². The number of hydrogen-bond donors (Lipinski definition) is 3. The van der Waals surface area contributed by atoms with Crippen LogP contribution in [-0.4, -0.2) is 23.4 Å². The number of aliphatic hydroxyl groups excluding tert-OH is 2. The van der Waals surface area contributed by atoms with Crippen molar-refractivity contribution in [2.45, 2.75) is 18.9 Å². The van der Waals surface area contributed by atoms with Crippen molar-refractivity contribution >= 4 is 0 Å². The summed E-state index contributed by atoms with van der Waals surface area (Å²) in [6.07, 6.45) is 0.975. The molecule has 4 N–H and O–H groups in total. The quantitative estimate of drug-likeness (QED) is 0.644. The Morgan fingerprint density at radius 2 is 2.00 bits per heavy atom. The summed E-state index contributed by atoms with van der Waals surface area (Å²) >= 11 is 0. The van der Waals surface area contributed by atoms with E-state index in [0.29, 0.717) is 6.54 Å². The van der Waals surface area contributed by atoms with Gasteiger partial charge >= 0.3 is 0 Å². The number of aryl methyl sites for hydroxylation is 1. The number of rotatable bonds is 5. The molecule has 0 aromatic heterocycles. The zero-order valence-corrected chi connectivity index (χ0v) is 8.19. The van der Waals surface area contributed by atoms with Crippen LogP contribution in [0.25, 0.3) is 0 Å². The molecule has 0 fully saturated rings. The van der Waals surface area contributed by atoms with Crippen LogP contribution in [-0.2, 0) is 6.42 Å². The first-order valence-corrected chi connectivity index (χ1v) is 4.86. The molecule has 0 spiro atoms. The van der Waals surface area contributed by atoms with Gasteiger partial charge in [0.2, 0.25) is 0 Å². The van der Waals surface area contributed by atoms with E-state index < -0.39 is 6.10 Å². The molecule has 1 aromatic carbocycles. The fourth-order valence-corrected chi connectivity index (χ4v) is 1.48. The molecule has 0 radical (unpaired) electrons. The summed E-state index contributed by atoms with van der Waals surface area (Å²) in [5.74, 6) is 0. The van der Waals surface area contributed by atoms with Gasteiger partial charge in [0.15, 0.2) is 0 Å².